The molecule has 10 atom stereocenters. The molecular weight excluding hydrogens is 889 g/mol. The van der Waals surface area contributed by atoms with E-state index in [2.05, 4.69) is 0 Å². The smallest absolute Gasteiger partial charge is 0.311 e. The maximum absolute atomic E-state index is 14.0. The summed E-state index contributed by atoms with van der Waals surface area (Å²) in [6.45, 7) is 19.8. The van der Waals surface area contributed by atoms with Crippen LogP contribution in [0.1, 0.15) is 99.8 Å². The third-order valence-corrected chi connectivity index (χ3v) is 11.3. The van der Waals surface area contributed by atoms with Crippen molar-refractivity contribution in [1.82, 2.24) is 0 Å². The molecule has 15 nitrogen and oxygen atoms in total. The second kappa shape index (κ2) is 23.9. The van der Waals surface area contributed by atoms with Gasteiger partial charge in [0.1, 0.15) is 37.1 Å². The fourth-order valence-electron chi connectivity index (χ4n) is 7.08. The van der Waals surface area contributed by atoms with Gasteiger partial charge in [-0.15, -0.1) is 0 Å². The molecular formula is C54H74O15. The summed E-state index contributed by atoms with van der Waals surface area (Å²) in [6, 6.07) is 29.0. The van der Waals surface area contributed by atoms with E-state index in [-0.39, 0.29) is 26.4 Å². The van der Waals surface area contributed by atoms with E-state index < -0.39 is 114 Å². The van der Waals surface area contributed by atoms with Crippen molar-refractivity contribution >= 4 is 23.9 Å². The molecule has 0 aliphatic carbocycles. The number of carbonyl (C=O) groups excluding carboxylic acids is 4. The normalized spacial score (nSPS) is 25.6. The number of benzene rings is 3. The lowest BCUT2D eigenvalue weighted by Crippen LogP contribution is -2.65. The highest BCUT2D eigenvalue weighted by atomic mass is 16.8. The zero-order valence-corrected chi connectivity index (χ0v) is 42.6. The Morgan fingerprint density at radius 2 is 0.768 bits per heavy atom. The van der Waals surface area contributed by atoms with Gasteiger partial charge in [0.2, 0.25) is 0 Å². The molecule has 2 heterocycles. The fraction of sp³-hybridized carbons (Fsp3) is 0.593. The lowest BCUT2D eigenvalue weighted by atomic mass is 9.93. The van der Waals surface area contributed by atoms with Gasteiger partial charge in [-0.25, -0.2) is 0 Å². The molecule has 0 amide bonds. The molecule has 0 aromatic heterocycles. The van der Waals surface area contributed by atoms with Crippen molar-refractivity contribution in [2.75, 3.05) is 20.3 Å². The van der Waals surface area contributed by atoms with Gasteiger partial charge in [-0.3, -0.25) is 19.2 Å². The van der Waals surface area contributed by atoms with Crippen molar-refractivity contribution in [3.63, 3.8) is 0 Å². The van der Waals surface area contributed by atoms with Gasteiger partial charge in [-0.2, -0.15) is 0 Å². The molecule has 0 saturated carbocycles. The van der Waals surface area contributed by atoms with E-state index in [0.717, 1.165) is 16.7 Å². The van der Waals surface area contributed by atoms with Gasteiger partial charge >= 0.3 is 23.9 Å². The molecule has 2 aliphatic rings. The molecule has 380 valence electrons. The maximum atomic E-state index is 14.0. The highest BCUT2D eigenvalue weighted by Gasteiger charge is 2.56. The summed E-state index contributed by atoms with van der Waals surface area (Å²) in [5.74, 6) is -2.63. The van der Waals surface area contributed by atoms with Crippen LogP contribution < -0.4 is 0 Å². The third-order valence-electron chi connectivity index (χ3n) is 11.3. The second-order valence-corrected chi connectivity index (χ2v) is 21.6. The monoisotopic (exact) mass is 963 g/mol. The number of hydrogen-bond donors (Lipinski definition) is 0. The Kier molecular flexibility index (Phi) is 19.1. The van der Waals surface area contributed by atoms with Crippen molar-refractivity contribution < 1.29 is 71.3 Å². The first kappa shape index (κ1) is 55.2. The summed E-state index contributed by atoms with van der Waals surface area (Å²) in [7, 11) is 1.50. The van der Waals surface area contributed by atoms with E-state index in [0.29, 0.717) is 0 Å². The lowest BCUT2D eigenvalue weighted by molar-refractivity contribution is -0.343. The minimum Gasteiger partial charge on any atom is -0.462 e. The molecule has 3 aromatic carbocycles. The minimum atomic E-state index is -1.54. The predicted molar refractivity (Wildman–Crippen MR) is 254 cm³/mol. The Labute approximate surface area is 408 Å². The molecule has 3 aromatic rings. The van der Waals surface area contributed by atoms with Crippen LogP contribution in [0.3, 0.4) is 0 Å². The first-order valence-electron chi connectivity index (χ1n) is 23.6. The first-order chi connectivity index (χ1) is 32.4. The number of carbonyl (C=O) groups is 4. The summed E-state index contributed by atoms with van der Waals surface area (Å²) in [4.78, 5) is 54.9. The van der Waals surface area contributed by atoms with Crippen LogP contribution in [0.25, 0.3) is 0 Å². The van der Waals surface area contributed by atoms with Crippen LogP contribution in [0.2, 0.25) is 0 Å². The van der Waals surface area contributed by atoms with Crippen LogP contribution in [-0.4, -0.2) is 106 Å². The maximum Gasteiger partial charge on any atom is 0.311 e. The summed E-state index contributed by atoms with van der Waals surface area (Å²) in [5.41, 5.74) is -1.38. The van der Waals surface area contributed by atoms with E-state index in [9.17, 15) is 19.2 Å². The molecule has 0 spiro atoms. The molecule has 0 bridgehead atoms. The van der Waals surface area contributed by atoms with E-state index in [1.54, 1.807) is 83.1 Å². The Morgan fingerprint density at radius 3 is 1.19 bits per heavy atom. The Hall–Kier alpha value is -4.74. The van der Waals surface area contributed by atoms with Gasteiger partial charge < -0.3 is 52.1 Å². The van der Waals surface area contributed by atoms with Crippen LogP contribution in [-0.2, 0) is 91.1 Å². The molecule has 5 rings (SSSR count). The van der Waals surface area contributed by atoms with Crippen LogP contribution in [0, 0.1) is 21.7 Å². The van der Waals surface area contributed by atoms with Crippen molar-refractivity contribution in [3.8, 4) is 0 Å². The predicted octanol–water partition coefficient (Wildman–Crippen LogP) is 8.32. The fourth-order valence-corrected chi connectivity index (χ4v) is 7.08. The van der Waals surface area contributed by atoms with Crippen molar-refractivity contribution in [3.05, 3.63) is 108 Å². The van der Waals surface area contributed by atoms with Crippen LogP contribution in [0.4, 0.5) is 0 Å². The van der Waals surface area contributed by atoms with E-state index in [1.165, 1.54) is 7.11 Å². The SMILES string of the molecule is CO[C@H]1O[C@H](CO[C@@H]2O[C@H](COC(=O)C(C)(C)C)[C@@H](OC(=O)C(C)(C)C)[C@H](OC(=O)C(C)(C)C)[C@H]2OC(=O)C(C)(C)C)[C@@H](OCc2ccccc2)[C@H](OCc2ccccc2)[C@H]1OCc1ccccc1. The van der Waals surface area contributed by atoms with Gasteiger partial charge in [0, 0.05) is 7.11 Å². The average molecular weight is 963 g/mol. The van der Waals surface area contributed by atoms with E-state index in [1.807, 2.05) is 91.0 Å². The van der Waals surface area contributed by atoms with Crippen LogP contribution >= 0.6 is 0 Å². The zero-order chi connectivity index (χ0) is 50.7. The minimum absolute atomic E-state index is 0.151. The largest absolute Gasteiger partial charge is 0.462 e. The van der Waals surface area contributed by atoms with E-state index >= 15 is 0 Å². The molecule has 0 unspecified atom stereocenters. The van der Waals surface area contributed by atoms with Crippen molar-refractivity contribution in [2.45, 2.75) is 164 Å². The van der Waals surface area contributed by atoms with Crippen LogP contribution in [0.5, 0.6) is 0 Å². The Morgan fingerprint density at radius 1 is 0.406 bits per heavy atom. The number of rotatable bonds is 18. The highest BCUT2D eigenvalue weighted by molar-refractivity contribution is 5.78. The molecule has 69 heavy (non-hydrogen) atoms. The summed E-state index contributed by atoms with van der Waals surface area (Å²) in [5, 5.41) is 0. The molecule has 0 N–H and O–H groups in total. The lowest BCUT2D eigenvalue weighted by Gasteiger charge is -2.47. The molecule has 2 aliphatic heterocycles. The van der Waals surface area contributed by atoms with Gasteiger partial charge in [-0.05, 0) is 99.8 Å². The number of methoxy groups -OCH3 is 1. The Bertz CT molecular complexity index is 2090. The number of esters is 4. The summed E-state index contributed by atoms with van der Waals surface area (Å²) >= 11 is 0. The van der Waals surface area contributed by atoms with Crippen molar-refractivity contribution in [2.24, 2.45) is 21.7 Å². The Balaban J connectivity index is 1.59. The first-order valence-corrected chi connectivity index (χ1v) is 23.6. The number of ether oxygens (including phenoxy) is 11. The highest BCUT2D eigenvalue weighted by Crippen LogP contribution is 2.37. The summed E-state index contributed by atoms with van der Waals surface area (Å²) in [6.07, 6.45) is -11.8. The molecule has 15 heteroatoms. The average Bonchev–Trinajstić information content (AvgIpc) is 3.29. The van der Waals surface area contributed by atoms with Gasteiger partial charge in [0.05, 0.1) is 48.1 Å². The third kappa shape index (κ3) is 15.9. The topological polar surface area (TPSA) is 170 Å². The zero-order valence-electron chi connectivity index (χ0n) is 42.6. The van der Waals surface area contributed by atoms with E-state index in [4.69, 9.17) is 52.1 Å². The van der Waals surface area contributed by atoms with Crippen molar-refractivity contribution in [1.29, 1.82) is 0 Å². The van der Waals surface area contributed by atoms with Gasteiger partial charge in [0.15, 0.2) is 30.9 Å². The van der Waals surface area contributed by atoms with Crippen LogP contribution in [0.15, 0.2) is 91.0 Å². The quantitative estimate of drug-likeness (QED) is 0.0880. The number of hydrogen-bond acceptors (Lipinski definition) is 15. The standard InChI is InChI=1S/C54H74O15/c1-51(2,3)47(55)64-33-38-40(67-48(56)52(4,5)6)42(68-49(57)53(7,8)9)44(69-50(58)54(10,11)12)46(66-38)63-32-37-39(60-29-34-23-17-14-18-24-34)41(61-30-35-25-19-15-20-26-35)43(45(59-13)65-37)62-31-36-27-21-16-22-28-36/h14-28,37-46H,29-33H2,1-13H3/t37-,38-,39-,40-,41+,42+,43-,44-,45+,46-/m1/s1. The van der Waals surface area contributed by atoms with Gasteiger partial charge in [0.25, 0.3) is 0 Å². The molecule has 2 fully saturated rings. The summed E-state index contributed by atoms with van der Waals surface area (Å²) < 4.78 is 70.6. The second-order valence-electron chi connectivity index (χ2n) is 21.6. The molecule has 2 saturated heterocycles. The van der Waals surface area contributed by atoms with Gasteiger partial charge in [-0.1, -0.05) is 91.0 Å². The molecule has 0 radical (unpaired) electrons.